The summed E-state index contributed by atoms with van der Waals surface area (Å²) in [5.41, 5.74) is 2.47. The molecule has 2 aromatic heterocycles. The van der Waals surface area contributed by atoms with Gasteiger partial charge in [-0.05, 0) is 19.1 Å². The molecule has 1 fully saturated rings. The highest BCUT2D eigenvalue weighted by Crippen LogP contribution is 2.23. The second-order valence-electron chi connectivity index (χ2n) is 7.12. The van der Waals surface area contributed by atoms with Gasteiger partial charge in [0.05, 0.1) is 24.4 Å². The van der Waals surface area contributed by atoms with Crippen LogP contribution in [0.1, 0.15) is 22.8 Å². The van der Waals surface area contributed by atoms with E-state index in [9.17, 15) is 4.79 Å². The predicted molar refractivity (Wildman–Crippen MR) is 120 cm³/mol. The van der Waals surface area contributed by atoms with E-state index in [1.807, 2.05) is 4.57 Å². The van der Waals surface area contributed by atoms with Gasteiger partial charge in [0, 0.05) is 31.7 Å². The van der Waals surface area contributed by atoms with Crippen molar-refractivity contribution in [3.63, 3.8) is 0 Å². The molecular formula is C22H21N7OS. The Morgan fingerprint density at radius 2 is 2.00 bits per heavy atom. The van der Waals surface area contributed by atoms with Crippen molar-refractivity contribution in [2.24, 2.45) is 0 Å². The number of hydrogen-bond donors (Lipinski definition) is 1. The molecular weight excluding hydrogens is 410 g/mol. The number of fused-ring (bicyclic) bond motifs is 1. The lowest BCUT2D eigenvalue weighted by Crippen LogP contribution is -2.44. The summed E-state index contributed by atoms with van der Waals surface area (Å²) in [5, 5.41) is 16.7. The molecule has 156 valence electrons. The van der Waals surface area contributed by atoms with Crippen LogP contribution in [0.3, 0.4) is 0 Å². The SMILES string of the molecule is CC#CCn1c(N2CCNCC2)nc2cnn(CC(=O)c3ccc(C#N)cc3)c(=S)c21. The number of imidazole rings is 1. The molecule has 4 rings (SSSR count). The maximum atomic E-state index is 12.8. The van der Waals surface area contributed by atoms with Crippen molar-refractivity contribution in [2.75, 3.05) is 31.1 Å². The average molecular weight is 432 g/mol. The summed E-state index contributed by atoms with van der Waals surface area (Å²) >= 11 is 5.72. The number of ketones is 1. The summed E-state index contributed by atoms with van der Waals surface area (Å²) in [6.07, 6.45) is 1.65. The molecule has 8 nitrogen and oxygen atoms in total. The van der Waals surface area contributed by atoms with Gasteiger partial charge in [-0.15, -0.1) is 5.92 Å². The van der Waals surface area contributed by atoms with Crippen LogP contribution in [0.25, 0.3) is 11.0 Å². The molecule has 1 aliphatic heterocycles. The largest absolute Gasteiger partial charge is 0.340 e. The minimum atomic E-state index is -0.130. The Hall–Kier alpha value is -3.53. The minimum Gasteiger partial charge on any atom is -0.340 e. The topological polar surface area (TPSA) is 91.8 Å². The highest BCUT2D eigenvalue weighted by Gasteiger charge is 2.21. The van der Waals surface area contributed by atoms with Crippen LogP contribution in [-0.4, -0.2) is 51.3 Å². The number of nitrogens with one attached hydrogen (secondary N) is 1. The van der Waals surface area contributed by atoms with E-state index < -0.39 is 0 Å². The molecule has 1 saturated heterocycles. The number of nitrogens with zero attached hydrogens (tertiary/aromatic N) is 6. The number of carbonyl (C=O) groups is 1. The Kier molecular flexibility index (Phi) is 6.08. The van der Waals surface area contributed by atoms with Gasteiger partial charge in [-0.1, -0.05) is 30.3 Å². The van der Waals surface area contributed by atoms with Gasteiger partial charge in [-0.2, -0.15) is 10.4 Å². The van der Waals surface area contributed by atoms with E-state index in [0.29, 0.717) is 27.8 Å². The quantitative estimate of drug-likeness (QED) is 0.376. The molecule has 1 N–H and O–H groups in total. The van der Waals surface area contributed by atoms with E-state index in [2.05, 4.69) is 33.2 Å². The first-order valence-electron chi connectivity index (χ1n) is 9.97. The fraction of sp³-hybridized carbons (Fsp3) is 0.318. The van der Waals surface area contributed by atoms with E-state index in [4.69, 9.17) is 22.5 Å². The molecule has 0 radical (unpaired) electrons. The number of benzene rings is 1. The van der Waals surface area contributed by atoms with Gasteiger partial charge < -0.3 is 10.2 Å². The van der Waals surface area contributed by atoms with Crippen LogP contribution in [0.15, 0.2) is 30.5 Å². The van der Waals surface area contributed by atoms with Crippen molar-refractivity contribution in [3.8, 4) is 17.9 Å². The zero-order chi connectivity index (χ0) is 21.8. The number of hydrogen-bond acceptors (Lipinski definition) is 7. The zero-order valence-corrected chi connectivity index (χ0v) is 17.9. The second-order valence-corrected chi connectivity index (χ2v) is 7.50. The Morgan fingerprint density at radius 3 is 2.68 bits per heavy atom. The van der Waals surface area contributed by atoms with Gasteiger partial charge in [0.15, 0.2) is 5.78 Å². The summed E-state index contributed by atoms with van der Waals surface area (Å²) in [4.78, 5) is 19.8. The summed E-state index contributed by atoms with van der Waals surface area (Å²) in [6.45, 7) is 5.75. The maximum absolute atomic E-state index is 12.8. The monoisotopic (exact) mass is 431 g/mol. The summed E-state index contributed by atoms with van der Waals surface area (Å²) in [6, 6.07) is 8.59. The molecule has 31 heavy (non-hydrogen) atoms. The molecule has 9 heteroatoms. The molecule has 0 saturated carbocycles. The Labute approximate surface area is 185 Å². The van der Waals surface area contributed by atoms with Gasteiger partial charge in [-0.25, -0.2) is 9.67 Å². The number of nitriles is 1. The number of piperazine rings is 1. The van der Waals surface area contributed by atoms with Crippen molar-refractivity contribution in [1.82, 2.24) is 24.6 Å². The Bertz CT molecular complexity index is 1280. The van der Waals surface area contributed by atoms with Crippen LogP contribution >= 0.6 is 12.2 Å². The lowest BCUT2D eigenvalue weighted by molar-refractivity contribution is 0.0966. The normalized spacial score (nSPS) is 13.5. The first-order valence-corrected chi connectivity index (χ1v) is 10.4. The summed E-state index contributed by atoms with van der Waals surface area (Å²) < 4.78 is 3.99. The lowest BCUT2D eigenvalue weighted by Gasteiger charge is -2.28. The summed E-state index contributed by atoms with van der Waals surface area (Å²) in [5.74, 6) is 6.73. The van der Waals surface area contributed by atoms with E-state index >= 15 is 0 Å². The van der Waals surface area contributed by atoms with Crippen molar-refractivity contribution in [3.05, 3.63) is 46.2 Å². The number of Topliss-reactive ketones (excluding diaryl/α,β-unsaturated/α-hetero) is 1. The Balaban J connectivity index is 1.72. The van der Waals surface area contributed by atoms with Gasteiger partial charge in [-0.3, -0.25) is 9.36 Å². The fourth-order valence-corrected chi connectivity index (χ4v) is 3.88. The van der Waals surface area contributed by atoms with Crippen molar-refractivity contribution in [1.29, 1.82) is 5.26 Å². The number of rotatable bonds is 5. The molecule has 1 aliphatic rings. The van der Waals surface area contributed by atoms with Crippen LogP contribution in [0, 0.1) is 27.8 Å². The van der Waals surface area contributed by atoms with Crippen LogP contribution in [-0.2, 0) is 13.1 Å². The van der Waals surface area contributed by atoms with Crippen LogP contribution in [0.2, 0.25) is 0 Å². The number of anilines is 1. The van der Waals surface area contributed by atoms with Crippen LogP contribution in [0.5, 0.6) is 0 Å². The predicted octanol–water partition coefficient (Wildman–Crippen LogP) is 2.15. The molecule has 3 heterocycles. The highest BCUT2D eigenvalue weighted by atomic mass is 32.1. The Morgan fingerprint density at radius 1 is 1.26 bits per heavy atom. The molecule has 1 aromatic carbocycles. The summed E-state index contributed by atoms with van der Waals surface area (Å²) in [7, 11) is 0. The fourth-order valence-electron chi connectivity index (χ4n) is 3.56. The molecule has 0 aliphatic carbocycles. The second kappa shape index (κ2) is 9.09. The van der Waals surface area contributed by atoms with E-state index in [1.54, 1.807) is 37.4 Å². The molecule has 0 amide bonds. The highest BCUT2D eigenvalue weighted by molar-refractivity contribution is 7.71. The van der Waals surface area contributed by atoms with Crippen molar-refractivity contribution in [2.45, 2.75) is 20.0 Å². The van der Waals surface area contributed by atoms with Gasteiger partial charge in [0.2, 0.25) is 5.95 Å². The van der Waals surface area contributed by atoms with Gasteiger partial charge in [0.25, 0.3) is 0 Å². The van der Waals surface area contributed by atoms with Crippen LogP contribution < -0.4 is 10.2 Å². The van der Waals surface area contributed by atoms with E-state index in [1.165, 1.54) is 4.68 Å². The first kappa shape index (κ1) is 20.7. The minimum absolute atomic E-state index is 0.00821. The third-order valence-corrected chi connectivity index (χ3v) is 5.58. The number of carbonyl (C=O) groups excluding carboxylic acids is 1. The third kappa shape index (κ3) is 4.19. The molecule has 3 aromatic rings. The smallest absolute Gasteiger partial charge is 0.207 e. The lowest BCUT2D eigenvalue weighted by atomic mass is 10.1. The maximum Gasteiger partial charge on any atom is 0.207 e. The first-order chi connectivity index (χ1) is 15.1. The van der Waals surface area contributed by atoms with Crippen molar-refractivity contribution < 1.29 is 4.79 Å². The standard InChI is InChI=1S/C22H21N7OS/c1-2-3-10-28-20-18(26-22(28)27-11-8-24-9-12-27)14-25-29(21(20)31)15-19(30)17-6-4-16(13-23)5-7-17/h4-7,14,24H,8-12,15H2,1H3. The molecule has 0 spiro atoms. The zero-order valence-electron chi connectivity index (χ0n) is 17.1. The van der Waals surface area contributed by atoms with E-state index in [-0.39, 0.29) is 12.3 Å². The number of aromatic nitrogens is 4. The molecule has 0 bridgehead atoms. The van der Waals surface area contributed by atoms with E-state index in [0.717, 1.165) is 37.6 Å². The van der Waals surface area contributed by atoms with Gasteiger partial charge in [0.1, 0.15) is 22.2 Å². The molecule has 0 atom stereocenters. The molecule has 0 unspecified atom stereocenters. The van der Waals surface area contributed by atoms with Crippen LogP contribution in [0.4, 0.5) is 5.95 Å². The third-order valence-electron chi connectivity index (χ3n) is 5.17. The average Bonchev–Trinajstić information content (AvgIpc) is 3.19. The van der Waals surface area contributed by atoms with Gasteiger partial charge >= 0.3 is 0 Å². The van der Waals surface area contributed by atoms with Crippen molar-refractivity contribution >= 4 is 35.0 Å².